The molecule has 1 aliphatic rings. The SMILES string of the molecule is O=C1NCCC(O)C1C(=O)NOc1ccccc1. The number of amides is 2. The summed E-state index contributed by atoms with van der Waals surface area (Å²) in [6.07, 6.45) is -0.618. The zero-order chi connectivity index (χ0) is 13.0. The number of aliphatic hydroxyl groups excluding tert-OH is 1. The van der Waals surface area contributed by atoms with Gasteiger partial charge in [-0.25, -0.2) is 0 Å². The summed E-state index contributed by atoms with van der Waals surface area (Å²) < 4.78 is 0. The van der Waals surface area contributed by atoms with Gasteiger partial charge >= 0.3 is 0 Å². The smallest absolute Gasteiger partial charge is 0.267 e. The fraction of sp³-hybridized carbons (Fsp3) is 0.333. The van der Waals surface area contributed by atoms with Crippen molar-refractivity contribution < 1.29 is 19.5 Å². The van der Waals surface area contributed by atoms with E-state index in [0.717, 1.165) is 0 Å². The van der Waals surface area contributed by atoms with E-state index < -0.39 is 23.8 Å². The van der Waals surface area contributed by atoms with Gasteiger partial charge in [0.05, 0.1) is 6.10 Å². The number of hydrogen-bond acceptors (Lipinski definition) is 4. The lowest BCUT2D eigenvalue weighted by Gasteiger charge is -2.25. The number of aliphatic hydroxyl groups is 1. The van der Waals surface area contributed by atoms with Crippen LogP contribution in [0.2, 0.25) is 0 Å². The molecule has 0 bridgehead atoms. The van der Waals surface area contributed by atoms with Gasteiger partial charge in [-0.3, -0.25) is 9.59 Å². The first kappa shape index (κ1) is 12.4. The number of nitrogens with one attached hydrogen (secondary N) is 2. The summed E-state index contributed by atoms with van der Waals surface area (Å²) >= 11 is 0. The molecule has 0 radical (unpaired) electrons. The molecule has 2 unspecified atom stereocenters. The topological polar surface area (TPSA) is 87.7 Å². The van der Waals surface area contributed by atoms with Gasteiger partial charge in [-0.1, -0.05) is 18.2 Å². The van der Waals surface area contributed by atoms with Crippen LogP contribution in [0.4, 0.5) is 0 Å². The first-order valence-corrected chi connectivity index (χ1v) is 5.66. The van der Waals surface area contributed by atoms with E-state index in [-0.39, 0.29) is 0 Å². The highest BCUT2D eigenvalue weighted by molar-refractivity contribution is 6.01. The van der Waals surface area contributed by atoms with Crippen molar-refractivity contribution in [2.24, 2.45) is 5.92 Å². The average Bonchev–Trinajstić information content (AvgIpc) is 2.37. The van der Waals surface area contributed by atoms with Gasteiger partial charge in [-0.05, 0) is 18.6 Å². The predicted molar refractivity (Wildman–Crippen MR) is 62.3 cm³/mol. The van der Waals surface area contributed by atoms with Crippen molar-refractivity contribution >= 4 is 11.8 Å². The second-order valence-electron chi connectivity index (χ2n) is 4.01. The molecule has 1 aromatic carbocycles. The molecule has 1 aromatic rings. The zero-order valence-electron chi connectivity index (χ0n) is 9.63. The molecule has 6 heteroatoms. The summed E-state index contributed by atoms with van der Waals surface area (Å²) in [7, 11) is 0. The maximum atomic E-state index is 11.7. The maximum absolute atomic E-state index is 11.7. The van der Waals surface area contributed by atoms with E-state index in [9.17, 15) is 14.7 Å². The van der Waals surface area contributed by atoms with Gasteiger partial charge < -0.3 is 15.3 Å². The van der Waals surface area contributed by atoms with Crippen LogP contribution in [-0.4, -0.2) is 29.6 Å². The Labute approximate surface area is 104 Å². The highest BCUT2D eigenvalue weighted by Gasteiger charge is 2.37. The van der Waals surface area contributed by atoms with E-state index in [0.29, 0.717) is 18.7 Å². The van der Waals surface area contributed by atoms with Crippen molar-refractivity contribution in [1.29, 1.82) is 0 Å². The van der Waals surface area contributed by atoms with Crippen molar-refractivity contribution in [3.8, 4) is 5.75 Å². The van der Waals surface area contributed by atoms with Crippen molar-refractivity contribution in [1.82, 2.24) is 10.8 Å². The van der Waals surface area contributed by atoms with Gasteiger partial charge in [0.1, 0.15) is 5.92 Å². The van der Waals surface area contributed by atoms with Crippen molar-refractivity contribution in [3.63, 3.8) is 0 Å². The summed E-state index contributed by atoms with van der Waals surface area (Å²) in [6.45, 7) is 0.378. The Kier molecular flexibility index (Phi) is 3.78. The molecule has 0 saturated carbocycles. The number of para-hydroxylation sites is 1. The van der Waals surface area contributed by atoms with E-state index in [1.807, 2.05) is 6.07 Å². The third-order valence-corrected chi connectivity index (χ3v) is 2.70. The van der Waals surface area contributed by atoms with Crippen LogP contribution in [0.1, 0.15) is 6.42 Å². The highest BCUT2D eigenvalue weighted by atomic mass is 16.7. The van der Waals surface area contributed by atoms with E-state index in [1.54, 1.807) is 24.3 Å². The van der Waals surface area contributed by atoms with Gasteiger partial charge in [0.25, 0.3) is 5.91 Å². The van der Waals surface area contributed by atoms with Crippen molar-refractivity contribution in [2.75, 3.05) is 6.54 Å². The number of piperidine rings is 1. The monoisotopic (exact) mass is 250 g/mol. The molecule has 0 aromatic heterocycles. The first-order valence-electron chi connectivity index (χ1n) is 5.66. The second kappa shape index (κ2) is 5.50. The fourth-order valence-corrected chi connectivity index (χ4v) is 1.75. The Bertz CT molecular complexity index is 435. The van der Waals surface area contributed by atoms with Gasteiger partial charge in [-0.15, -0.1) is 0 Å². The number of benzene rings is 1. The van der Waals surface area contributed by atoms with E-state index >= 15 is 0 Å². The quantitative estimate of drug-likeness (QED) is 0.503. The van der Waals surface area contributed by atoms with Crippen molar-refractivity contribution in [3.05, 3.63) is 30.3 Å². The minimum absolute atomic E-state index is 0.356. The average molecular weight is 250 g/mol. The normalized spacial score (nSPS) is 23.1. The van der Waals surface area contributed by atoms with Gasteiger partial charge in [0.15, 0.2) is 5.75 Å². The van der Waals surface area contributed by atoms with Crippen LogP contribution < -0.4 is 15.6 Å². The molecular formula is C12H14N2O4. The van der Waals surface area contributed by atoms with Gasteiger partial charge in [0, 0.05) is 6.54 Å². The summed E-state index contributed by atoms with van der Waals surface area (Å²) in [5, 5.41) is 12.2. The Morgan fingerprint density at radius 2 is 2.11 bits per heavy atom. The largest absolute Gasteiger partial charge is 0.392 e. The number of carbonyl (C=O) groups is 2. The zero-order valence-corrected chi connectivity index (χ0v) is 9.63. The first-order chi connectivity index (χ1) is 8.68. The maximum Gasteiger partial charge on any atom is 0.267 e. The molecule has 0 aliphatic carbocycles. The van der Waals surface area contributed by atoms with Crippen LogP contribution in [0.15, 0.2) is 30.3 Å². The lowest BCUT2D eigenvalue weighted by molar-refractivity contribution is -0.146. The number of carbonyl (C=O) groups excluding carboxylic acids is 2. The molecule has 0 spiro atoms. The standard InChI is InChI=1S/C12H14N2O4/c15-9-6-7-13-11(16)10(9)12(17)14-18-8-4-2-1-3-5-8/h1-5,9-10,15H,6-7H2,(H,13,16)(H,14,17). The minimum atomic E-state index is -1.12. The molecular weight excluding hydrogens is 236 g/mol. The predicted octanol–water partition coefficient (Wildman–Crippen LogP) is -0.406. The summed E-state index contributed by atoms with van der Waals surface area (Å²) in [5.41, 5.74) is 2.17. The Balaban J connectivity index is 1.93. The van der Waals surface area contributed by atoms with Crippen LogP contribution in [0, 0.1) is 5.92 Å². The van der Waals surface area contributed by atoms with Crippen LogP contribution in [-0.2, 0) is 9.59 Å². The lowest BCUT2D eigenvalue weighted by Crippen LogP contribution is -2.52. The highest BCUT2D eigenvalue weighted by Crippen LogP contribution is 2.13. The van der Waals surface area contributed by atoms with Crippen molar-refractivity contribution in [2.45, 2.75) is 12.5 Å². The molecule has 2 amide bonds. The van der Waals surface area contributed by atoms with Gasteiger partial charge in [-0.2, -0.15) is 5.48 Å². The van der Waals surface area contributed by atoms with E-state index in [1.165, 1.54) is 0 Å². The summed E-state index contributed by atoms with van der Waals surface area (Å²) in [5.74, 6) is -1.80. The van der Waals surface area contributed by atoms with Crippen LogP contribution in [0.25, 0.3) is 0 Å². The molecule has 3 N–H and O–H groups in total. The Morgan fingerprint density at radius 1 is 1.39 bits per heavy atom. The van der Waals surface area contributed by atoms with Gasteiger partial charge in [0.2, 0.25) is 5.91 Å². The lowest BCUT2D eigenvalue weighted by atomic mass is 9.95. The number of hydrogen-bond donors (Lipinski definition) is 3. The molecule has 1 saturated heterocycles. The third-order valence-electron chi connectivity index (χ3n) is 2.70. The molecule has 2 atom stereocenters. The summed E-state index contributed by atoms with van der Waals surface area (Å²) in [4.78, 5) is 28.2. The molecule has 1 heterocycles. The molecule has 1 fully saturated rings. The summed E-state index contributed by atoms with van der Waals surface area (Å²) in [6, 6.07) is 8.65. The van der Waals surface area contributed by atoms with Crippen LogP contribution >= 0.6 is 0 Å². The van der Waals surface area contributed by atoms with E-state index in [2.05, 4.69) is 10.8 Å². The second-order valence-corrected chi connectivity index (χ2v) is 4.01. The molecule has 1 aliphatic heterocycles. The van der Waals surface area contributed by atoms with Crippen LogP contribution in [0.3, 0.4) is 0 Å². The third kappa shape index (κ3) is 2.78. The molecule has 2 rings (SSSR count). The Morgan fingerprint density at radius 3 is 2.78 bits per heavy atom. The fourth-order valence-electron chi connectivity index (χ4n) is 1.75. The molecule has 18 heavy (non-hydrogen) atoms. The van der Waals surface area contributed by atoms with E-state index in [4.69, 9.17) is 4.84 Å². The number of hydroxylamine groups is 1. The Hall–Kier alpha value is -2.08. The molecule has 96 valence electrons. The molecule has 6 nitrogen and oxygen atoms in total. The van der Waals surface area contributed by atoms with Crippen LogP contribution in [0.5, 0.6) is 5.75 Å². The minimum Gasteiger partial charge on any atom is -0.392 e. The number of rotatable bonds is 3.